The number of rotatable bonds is 3. The van der Waals surface area contributed by atoms with Crippen molar-refractivity contribution in [1.29, 1.82) is 0 Å². The van der Waals surface area contributed by atoms with Crippen molar-refractivity contribution in [2.24, 2.45) is 0 Å². The molecule has 1 nitrogen and oxygen atoms in total. The van der Waals surface area contributed by atoms with E-state index in [-0.39, 0.29) is 0 Å². The maximum Gasteiger partial charge on any atom is 0.0342 e. The molecule has 1 N–H and O–H groups in total. The summed E-state index contributed by atoms with van der Waals surface area (Å²) in [7, 11) is 0. The summed E-state index contributed by atoms with van der Waals surface area (Å²) in [6.45, 7) is 1.19. The van der Waals surface area contributed by atoms with E-state index in [1.165, 1.54) is 48.2 Å². The standard InChI is InChI=1S/C16H19NS/c1-2-9-17-15(7-1)12-13-5-3-6-14(11-13)16-8-4-10-18-16/h3-6,8,10-11,15,17H,1-2,7,9,12H2/t15-/m0/s1. The van der Waals surface area contributed by atoms with E-state index in [0.717, 1.165) is 0 Å². The molecule has 0 bridgehead atoms. The van der Waals surface area contributed by atoms with Crippen LogP contribution in [0, 0.1) is 0 Å². The smallest absolute Gasteiger partial charge is 0.0342 e. The summed E-state index contributed by atoms with van der Waals surface area (Å²) < 4.78 is 0. The van der Waals surface area contributed by atoms with Gasteiger partial charge < -0.3 is 5.32 Å². The fourth-order valence-corrected chi connectivity index (χ4v) is 3.40. The largest absolute Gasteiger partial charge is 0.314 e. The van der Waals surface area contributed by atoms with E-state index in [0.29, 0.717) is 6.04 Å². The van der Waals surface area contributed by atoms with Crippen LogP contribution in [0.1, 0.15) is 24.8 Å². The van der Waals surface area contributed by atoms with Crippen LogP contribution in [0.5, 0.6) is 0 Å². The second-order valence-corrected chi connectivity index (χ2v) is 5.98. The molecule has 2 heteroatoms. The summed E-state index contributed by atoms with van der Waals surface area (Å²) in [6.07, 6.45) is 5.20. The first-order valence-electron chi connectivity index (χ1n) is 6.78. The lowest BCUT2D eigenvalue weighted by atomic mass is 9.97. The molecule has 94 valence electrons. The number of benzene rings is 1. The van der Waals surface area contributed by atoms with Gasteiger partial charge in [-0.1, -0.05) is 36.8 Å². The van der Waals surface area contributed by atoms with Crippen LogP contribution in [-0.2, 0) is 6.42 Å². The quantitative estimate of drug-likeness (QED) is 0.873. The number of hydrogen-bond acceptors (Lipinski definition) is 2. The lowest BCUT2D eigenvalue weighted by Crippen LogP contribution is -2.35. The van der Waals surface area contributed by atoms with Crippen LogP contribution in [0.2, 0.25) is 0 Å². The van der Waals surface area contributed by atoms with Crippen molar-refractivity contribution in [3.8, 4) is 10.4 Å². The third-order valence-electron chi connectivity index (χ3n) is 3.63. The average Bonchev–Trinajstić information content (AvgIpc) is 2.94. The van der Waals surface area contributed by atoms with Crippen molar-refractivity contribution >= 4 is 11.3 Å². The van der Waals surface area contributed by atoms with Gasteiger partial charge in [0.15, 0.2) is 0 Å². The highest BCUT2D eigenvalue weighted by Gasteiger charge is 2.13. The highest BCUT2D eigenvalue weighted by molar-refractivity contribution is 7.13. The zero-order valence-electron chi connectivity index (χ0n) is 10.6. The highest BCUT2D eigenvalue weighted by atomic mass is 32.1. The number of hydrogen-bond donors (Lipinski definition) is 1. The Kier molecular flexibility index (Phi) is 3.77. The molecule has 0 radical (unpaired) electrons. The van der Waals surface area contributed by atoms with Gasteiger partial charge >= 0.3 is 0 Å². The Morgan fingerprint density at radius 1 is 1.17 bits per heavy atom. The number of nitrogens with one attached hydrogen (secondary N) is 1. The average molecular weight is 257 g/mol. The Morgan fingerprint density at radius 2 is 2.17 bits per heavy atom. The van der Waals surface area contributed by atoms with Gasteiger partial charge in [0, 0.05) is 10.9 Å². The molecule has 0 amide bonds. The van der Waals surface area contributed by atoms with Crippen molar-refractivity contribution in [2.75, 3.05) is 6.54 Å². The maximum absolute atomic E-state index is 3.62. The van der Waals surface area contributed by atoms with Crippen molar-refractivity contribution in [3.63, 3.8) is 0 Å². The van der Waals surface area contributed by atoms with Crippen LogP contribution < -0.4 is 5.32 Å². The molecule has 2 aromatic rings. The van der Waals surface area contributed by atoms with Gasteiger partial charge in [-0.2, -0.15) is 0 Å². The summed E-state index contributed by atoms with van der Waals surface area (Å²) in [5.41, 5.74) is 2.82. The summed E-state index contributed by atoms with van der Waals surface area (Å²) in [5.74, 6) is 0. The van der Waals surface area contributed by atoms with Gasteiger partial charge in [0.05, 0.1) is 0 Å². The molecule has 0 aliphatic carbocycles. The zero-order chi connectivity index (χ0) is 12.2. The molecular weight excluding hydrogens is 238 g/mol. The number of piperidine rings is 1. The van der Waals surface area contributed by atoms with Gasteiger partial charge in [-0.25, -0.2) is 0 Å². The predicted molar refractivity (Wildman–Crippen MR) is 79.1 cm³/mol. The molecule has 18 heavy (non-hydrogen) atoms. The molecule has 1 aromatic carbocycles. The first kappa shape index (κ1) is 11.9. The lowest BCUT2D eigenvalue weighted by Gasteiger charge is -2.23. The molecule has 1 aliphatic rings. The second kappa shape index (κ2) is 5.68. The van der Waals surface area contributed by atoms with E-state index in [9.17, 15) is 0 Å². The molecule has 3 rings (SSSR count). The Balaban J connectivity index is 1.74. The van der Waals surface area contributed by atoms with E-state index in [1.54, 1.807) is 0 Å². The van der Waals surface area contributed by atoms with Crippen molar-refractivity contribution in [2.45, 2.75) is 31.7 Å². The molecule has 1 atom stereocenters. The van der Waals surface area contributed by atoms with E-state index in [2.05, 4.69) is 47.1 Å². The first-order chi connectivity index (χ1) is 8.92. The highest BCUT2D eigenvalue weighted by Crippen LogP contribution is 2.26. The van der Waals surface area contributed by atoms with Crippen LogP contribution in [0.25, 0.3) is 10.4 Å². The molecule has 0 saturated carbocycles. The monoisotopic (exact) mass is 257 g/mol. The third-order valence-corrected chi connectivity index (χ3v) is 4.55. The summed E-state index contributed by atoms with van der Waals surface area (Å²) in [4.78, 5) is 1.37. The molecule has 1 fully saturated rings. The fourth-order valence-electron chi connectivity index (χ4n) is 2.68. The molecular formula is C16H19NS. The second-order valence-electron chi connectivity index (χ2n) is 5.03. The predicted octanol–water partition coefficient (Wildman–Crippen LogP) is 4.10. The minimum atomic E-state index is 0.678. The van der Waals surface area contributed by atoms with Gasteiger partial charge in [-0.15, -0.1) is 11.3 Å². The van der Waals surface area contributed by atoms with Crippen molar-refractivity contribution < 1.29 is 0 Å². The van der Waals surface area contributed by atoms with E-state index in [1.807, 2.05) is 11.3 Å². The summed E-state index contributed by atoms with van der Waals surface area (Å²) >= 11 is 1.82. The fraction of sp³-hybridized carbons (Fsp3) is 0.375. The zero-order valence-corrected chi connectivity index (χ0v) is 11.4. The Bertz CT molecular complexity index is 484. The van der Waals surface area contributed by atoms with Gasteiger partial charge in [0.2, 0.25) is 0 Å². The summed E-state index contributed by atoms with van der Waals surface area (Å²) in [5, 5.41) is 5.77. The van der Waals surface area contributed by atoms with Crippen LogP contribution in [0.3, 0.4) is 0 Å². The van der Waals surface area contributed by atoms with Crippen LogP contribution in [0.15, 0.2) is 41.8 Å². The van der Waals surface area contributed by atoms with Crippen LogP contribution in [-0.4, -0.2) is 12.6 Å². The molecule has 0 spiro atoms. The van der Waals surface area contributed by atoms with Gasteiger partial charge in [0.1, 0.15) is 0 Å². The van der Waals surface area contributed by atoms with Crippen LogP contribution in [0.4, 0.5) is 0 Å². The van der Waals surface area contributed by atoms with Crippen molar-refractivity contribution in [1.82, 2.24) is 5.32 Å². The number of thiophene rings is 1. The topological polar surface area (TPSA) is 12.0 Å². The minimum absolute atomic E-state index is 0.678. The minimum Gasteiger partial charge on any atom is -0.314 e. The Hall–Kier alpha value is -1.12. The van der Waals surface area contributed by atoms with E-state index >= 15 is 0 Å². The maximum atomic E-state index is 3.62. The lowest BCUT2D eigenvalue weighted by molar-refractivity contribution is 0.399. The molecule has 0 unspecified atom stereocenters. The normalized spacial score (nSPS) is 19.9. The molecule has 2 heterocycles. The van der Waals surface area contributed by atoms with E-state index in [4.69, 9.17) is 0 Å². The van der Waals surface area contributed by atoms with Gasteiger partial charge in [-0.3, -0.25) is 0 Å². The Morgan fingerprint density at radius 3 is 2.94 bits per heavy atom. The summed E-state index contributed by atoms with van der Waals surface area (Å²) in [6, 6.07) is 14.0. The van der Waals surface area contributed by atoms with Gasteiger partial charge in [0.25, 0.3) is 0 Å². The van der Waals surface area contributed by atoms with Gasteiger partial charge in [-0.05, 0) is 48.4 Å². The SMILES string of the molecule is c1cc(C[C@@H]2CCCCN2)cc(-c2cccs2)c1. The van der Waals surface area contributed by atoms with Crippen molar-refractivity contribution in [3.05, 3.63) is 47.3 Å². The first-order valence-corrected chi connectivity index (χ1v) is 7.66. The van der Waals surface area contributed by atoms with Crippen LogP contribution >= 0.6 is 11.3 Å². The van der Waals surface area contributed by atoms with E-state index < -0.39 is 0 Å². The molecule has 1 saturated heterocycles. The Labute approximate surface area is 113 Å². The molecule has 1 aliphatic heterocycles. The molecule has 1 aromatic heterocycles. The third kappa shape index (κ3) is 2.82.